The second-order valence-corrected chi connectivity index (χ2v) is 5.40. The van der Waals surface area contributed by atoms with Gasteiger partial charge in [0.25, 0.3) is 0 Å². The Balaban J connectivity index is 2.15. The lowest BCUT2D eigenvalue weighted by atomic mass is 10.1. The third kappa shape index (κ3) is 2.06. The van der Waals surface area contributed by atoms with Gasteiger partial charge in [-0.25, -0.2) is 0 Å². The molecule has 1 nitrogen and oxygen atoms in total. The lowest BCUT2D eigenvalue weighted by molar-refractivity contribution is -0.105. The molecule has 0 bridgehead atoms. The van der Waals surface area contributed by atoms with E-state index >= 15 is 0 Å². The first-order chi connectivity index (χ1) is 7.16. The van der Waals surface area contributed by atoms with Gasteiger partial charge in [-0.3, -0.25) is 4.79 Å². The first kappa shape index (κ1) is 10.7. The molecule has 1 fully saturated rings. The van der Waals surface area contributed by atoms with Crippen molar-refractivity contribution in [3.05, 3.63) is 23.8 Å². The third-order valence-corrected chi connectivity index (χ3v) is 4.09. The lowest BCUT2D eigenvalue weighted by Crippen LogP contribution is -1.91. The van der Waals surface area contributed by atoms with E-state index in [0.29, 0.717) is 11.3 Å². The minimum absolute atomic E-state index is 0.423. The van der Waals surface area contributed by atoms with Crippen LogP contribution in [-0.2, 0) is 4.79 Å². The number of rotatable bonds is 1. The Labute approximate surface area is 92.3 Å². The third-order valence-electron chi connectivity index (χ3n) is 4.09. The Kier molecular flexibility index (Phi) is 2.81. The number of allylic oxidation sites excluding steroid dienone is 4. The zero-order chi connectivity index (χ0) is 10.9. The molecule has 0 spiro atoms. The van der Waals surface area contributed by atoms with Crippen LogP contribution in [0.5, 0.6) is 0 Å². The van der Waals surface area contributed by atoms with E-state index in [1.165, 1.54) is 12.8 Å². The molecule has 2 aliphatic rings. The van der Waals surface area contributed by atoms with Crippen LogP contribution in [0.4, 0.5) is 0 Å². The number of hydrogen-bond acceptors (Lipinski definition) is 1. The van der Waals surface area contributed by atoms with Crippen molar-refractivity contribution in [2.45, 2.75) is 39.5 Å². The predicted octanol–water partition coefficient (Wildman–Crippen LogP) is 3.51. The number of aldehydes is 1. The minimum Gasteiger partial charge on any atom is -0.298 e. The van der Waals surface area contributed by atoms with Gasteiger partial charge in [0.05, 0.1) is 0 Å². The Morgan fingerprint density at radius 2 is 2.07 bits per heavy atom. The Morgan fingerprint density at radius 1 is 1.33 bits per heavy atom. The Morgan fingerprint density at radius 3 is 2.80 bits per heavy atom. The van der Waals surface area contributed by atoms with Gasteiger partial charge in [0.1, 0.15) is 6.29 Å². The summed E-state index contributed by atoms with van der Waals surface area (Å²) in [5, 5.41) is 0. The summed E-state index contributed by atoms with van der Waals surface area (Å²) in [6, 6.07) is 0. The van der Waals surface area contributed by atoms with Crippen molar-refractivity contribution in [3.63, 3.8) is 0 Å². The molecule has 0 aliphatic heterocycles. The van der Waals surface area contributed by atoms with Gasteiger partial charge in [-0.2, -0.15) is 0 Å². The summed E-state index contributed by atoms with van der Waals surface area (Å²) in [6.07, 6.45) is 12.2. The lowest BCUT2D eigenvalue weighted by Gasteiger charge is -2.00. The van der Waals surface area contributed by atoms with Crippen LogP contribution in [0.1, 0.15) is 39.5 Å². The van der Waals surface area contributed by atoms with Crippen molar-refractivity contribution >= 4 is 6.29 Å². The highest BCUT2D eigenvalue weighted by molar-refractivity contribution is 5.73. The second kappa shape index (κ2) is 3.96. The highest BCUT2D eigenvalue weighted by Gasteiger charge is 2.55. The number of carbonyl (C=O) groups is 1. The van der Waals surface area contributed by atoms with E-state index in [2.05, 4.69) is 32.1 Å². The van der Waals surface area contributed by atoms with Crippen molar-refractivity contribution < 1.29 is 4.79 Å². The van der Waals surface area contributed by atoms with Gasteiger partial charge < -0.3 is 0 Å². The fraction of sp³-hybridized carbons (Fsp3) is 0.643. The molecule has 1 heteroatoms. The van der Waals surface area contributed by atoms with Crippen molar-refractivity contribution in [1.29, 1.82) is 0 Å². The van der Waals surface area contributed by atoms with Gasteiger partial charge in [0, 0.05) is 0 Å². The van der Waals surface area contributed by atoms with Crippen LogP contribution < -0.4 is 0 Å². The van der Waals surface area contributed by atoms with E-state index in [0.717, 1.165) is 30.6 Å². The van der Waals surface area contributed by atoms with Crippen LogP contribution >= 0.6 is 0 Å². The summed E-state index contributed by atoms with van der Waals surface area (Å²) in [5.41, 5.74) is 1.43. The first-order valence-electron chi connectivity index (χ1n) is 5.97. The van der Waals surface area contributed by atoms with E-state index < -0.39 is 0 Å². The molecule has 0 amide bonds. The largest absolute Gasteiger partial charge is 0.298 e. The van der Waals surface area contributed by atoms with E-state index in [-0.39, 0.29) is 0 Å². The summed E-state index contributed by atoms with van der Waals surface area (Å²) in [5.74, 6) is 1.43. The molecule has 2 atom stereocenters. The standard InChI is InChI=1S/C14H20O/c1-14(2)12-8-6-4-3-5-7-11(10-15)9-13(12)14/h3-4,9-10,12-13H,5-8H2,1-2H3/b4-3?,11-9+/t12-,13+/m0/s1. The molecular weight excluding hydrogens is 184 g/mol. The van der Waals surface area contributed by atoms with Gasteiger partial charge in [0.2, 0.25) is 0 Å². The molecular formula is C14H20O. The van der Waals surface area contributed by atoms with Crippen molar-refractivity contribution in [1.82, 2.24) is 0 Å². The predicted molar refractivity (Wildman–Crippen MR) is 62.5 cm³/mol. The van der Waals surface area contributed by atoms with Crippen molar-refractivity contribution in [3.8, 4) is 0 Å². The summed E-state index contributed by atoms with van der Waals surface area (Å²) in [6.45, 7) is 4.64. The summed E-state index contributed by atoms with van der Waals surface area (Å²) < 4.78 is 0. The molecule has 82 valence electrons. The van der Waals surface area contributed by atoms with E-state index in [1.54, 1.807) is 0 Å². The van der Waals surface area contributed by atoms with E-state index in [9.17, 15) is 4.79 Å². The molecule has 0 aromatic rings. The van der Waals surface area contributed by atoms with Crippen LogP contribution in [0.2, 0.25) is 0 Å². The first-order valence-corrected chi connectivity index (χ1v) is 5.97. The summed E-state index contributed by atoms with van der Waals surface area (Å²) >= 11 is 0. The maximum atomic E-state index is 10.9. The van der Waals surface area contributed by atoms with Crippen LogP contribution in [0.25, 0.3) is 0 Å². The highest BCUT2D eigenvalue weighted by atomic mass is 16.1. The van der Waals surface area contributed by atoms with Crippen molar-refractivity contribution in [2.24, 2.45) is 17.3 Å². The van der Waals surface area contributed by atoms with Gasteiger partial charge in [-0.15, -0.1) is 0 Å². The molecule has 0 unspecified atom stereocenters. The highest BCUT2D eigenvalue weighted by Crippen LogP contribution is 2.61. The topological polar surface area (TPSA) is 17.1 Å². The number of fused-ring (bicyclic) bond motifs is 1. The molecule has 0 saturated heterocycles. The van der Waals surface area contributed by atoms with E-state index in [1.807, 2.05) is 0 Å². The monoisotopic (exact) mass is 204 g/mol. The molecule has 2 aliphatic carbocycles. The maximum Gasteiger partial charge on any atom is 0.145 e. The quantitative estimate of drug-likeness (QED) is 0.472. The van der Waals surface area contributed by atoms with E-state index in [4.69, 9.17) is 0 Å². The molecule has 0 aromatic heterocycles. The number of hydrogen-bond donors (Lipinski definition) is 0. The fourth-order valence-corrected chi connectivity index (χ4v) is 2.84. The van der Waals surface area contributed by atoms with Crippen LogP contribution in [0, 0.1) is 17.3 Å². The van der Waals surface area contributed by atoms with Crippen molar-refractivity contribution in [2.75, 3.05) is 0 Å². The van der Waals surface area contributed by atoms with Gasteiger partial charge in [-0.1, -0.05) is 32.1 Å². The molecule has 1 saturated carbocycles. The molecule has 0 N–H and O–H groups in total. The Hall–Kier alpha value is -0.850. The Bertz CT molecular complexity index is 309. The maximum absolute atomic E-state index is 10.9. The average Bonchev–Trinajstić information content (AvgIpc) is 2.74. The van der Waals surface area contributed by atoms with Gasteiger partial charge in [0.15, 0.2) is 0 Å². The minimum atomic E-state index is 0.423. The molecule has 0 heterocycles. The molecule has 2 rings (SSSR count). The second-order valence-electron chi connectivity index (χ2n) is 5.40. The normalized spacial score (nSPS) is 37.3. The van der Waals surface area contributed by atoms with Crippen LogP contribution in [0.3, 0.4) is 0 Å². The summed E-state index contributed by atoms with van der Waals surface area (Å²) in [4.78, 5) is 10.9. The van der Waals surface area contributed by atoms with Crippen LogP contribution in [0.15, 0.2) is 23.8 Å². The number of carbonyl (C=O) groups excluding carboxylic acids is 1. The van der Waals surface area contributed by atoms with Gasteiger partial charge in [-0.05, 0) is 48.5 Å². The summed E-state index contributed by atoms with van der Waals surface area (Å²) in [7, 11) is 0. The average molecular weight is 204 g/mol. The van der Waals surface area contributed by atoms with Gasteiger partial charge >= 0.3 is 0 Å². The zero-order valence-electron chi connectivity index (χ0n) is 9.70. The molecule has 0 aromatic carbocycles. The smallest absolute Gasteiger partial charge is 0.145 e. The van der Waals surface area contributed by atoms with Crippen LogP contribution in [-0.4, -0.2) is 6.29 Å². The molecule has 15 heavy (non-hydrogen) atoms. The fourth-order valence-electron chi connectivity index (χ4n) is 2.84. The zero-order valence-corrected chi connectivity index (χ0v) is 9.70. The molecule has 0 radical (unpaired) electrons. The SMILES string of the molecule is CC1(C)[C@@H]2/C=C(/C=O)CCC=CCC[C@@H]21.